The largest absolute Gasteiger partial charge is 0.383 e. The van der Waals surface area contributed by atoms with Gasteiger partial charge in [-0.05, 0) is 50.1 Å². The molecule has 3 amide bonds. The van der Waals surface area contributed by atoms with Crippen molar-refractivity contribution < 1.29 is 23.5 Å². The van der Waals surface area contributed by atoms with Crippen molar-refractivity contribution in [2.45, 2.75) is 51.6 Å². The van der Waals surface area contributed by atoms with Crippen molar-refractivity contribution in [3.63, 3.8) is 0 Å². The molecule has 0 fully saturated rings. The van der Waals surface area contributed by atoms with Gasteiger partial charge in [-0.15, -0.1) is 0 Å². The smallest absolute Gasteiger partial charge is 0.247 e. The zero-order valence-corrected chi connectivity index (χ0v) is 20.1. The third-order valence-electron chi connectivity index (χ3n) is 5.45. The van der Waals surface area contributed by atoms with Crippen molar-refractivity contribution in [3.8, 4) is 0 Å². The van der Waals surface area contributed by atoms with Crippen molar-refractivity contribution in [3.05, 3.63) is 60.0 Å². The van der Waals surface area contributed by atoms with Crippen molar-refractivity contribution in [2.75, 3.05) is 25.6 Å². The van der Waals surface area contributed by atoms with Crippen LogP contribution in [0, 0.1) is 5.82 Å². The van der Waals surface area contributed by atoms with Crippen LogP contribution in [0.3, 0.4) is 0 Å². The van der Waals surface area contributed by atoms with Gasteiger partial charge < -0.3 is 20.3 Å². The number of pyridine rings is 1. The third kappa shape index (κ3) is 8.22. The van der Waals surface area contributed by atoms with E-state index < -0.39 is 23.3 Å². The Labute approximate surface area is 199 Å². The molecule has 2 N–H and O–H groups in total. The zero-order chi connectivity index (χ0) is 25.1. The van der Waals surface area contributed by atoms with E-state index in [2.05, 4.69) is 15.6 Å². The summed E-state index contributed by atoms with van der Waals surface area (Å²) in [4.78, 5) is 44.4. The van der Waals surface area contributed by atoms with Gasteiger partial charge in [-0.2, -0.15) is 0 Å². The lowest BCUT2D eigenvalue weighted by molar-refractivity contribution is -0.142. The Hall–Kier alpha value is -3.33. The molecule has 0 spiro atoms. The second kappa shape index (κ2) is 12.8. The summed E-state index contributed by atoms with van der Waals surface area (Å²) in [6, 6.07) is 9.58. The molecule has 0 radical (unpaired) electrons. The summed E-state index contributed by atoms with van der Waals surface area (Å²) in [6.07, 6.45) is 2.02. The van der Waals surface area contributed by atoms with E-state index in [1.807, 2.05) is 20.8 Å². The fourth-order valence-electron chi connectivity index (χ4n) is 3.20. The van der Waals surface area contributed by atoms with E-state index >= 15 is 0 Å². The molecule has 1 unspecified atom stereocenters. The molecule has 1 aromatic carbocycles. The van der Waals surface area contributed by atoms with E-state index in [0.29, 0.717) is 17.8 Å². The van der Waals surface area contributed by atoms with Crippen LogP contribution in [0.1, 0.15) is 51.6 Å². The van der Waals surface area contributed by atoms with Crippen LogP contribution >= 0.6 is 0 Å². The quantitative estimate of drug-likeness (QED) is 0.493. The number of anilines is 1. The number of nitrogens with one attached hydrogen (secondary N) is 2. The van der Waals surface area contributed by atoms with Crippen LogP contribution < -0.4 is 10.6 Å². The van der Waals surface area contributed by atoms with Crippen molar-refractivity contribution >= 4 is 23.5 Å². The molecule has 1 atom stereocenters. The molecule has 8 nitrogen and oxygen atoms in total. The van der Waals surface area contributed by atoms with Crippen molar-refractivity contribution in [1.29, 1.82) is 0 Å². The molecule has 2 rings (SSSR count). The van der Waals surface area contributed by atoms with Gasteiger partial charge in [-0.3, -0.25) is 14.4 Å². The average Bonchev–Trinajstić information content (AvgIpc) is 2.81. The number of hydrogen-bond acceptors (Lipinski definition) is 5. The van der Waals surface area contributed by atoms with Crippen LogP contribution in [0.2, 0.25) is 0 Å². The second-order valence-electron chi connectivity index (χ2n) is 8.52. The minimum atomic E-state index is -1.01. The highest BCUT2D eigenvalue weighted by Gasteiger charge is 2.33. The molecule has 2 aromatic rings. The zero-order valence-electron chi connectivity index (χ0n) is 20.1. The van der Waals surface area contributed by atoms with Crippen molar-refractivity contribution in [1.82, 2.24) is 15.2 Å². The van der Waals surface area contributed by atoms with Gasteiger partial charge in [0, 0.05) is 38.2 Å². The maximum atomic E-state index is 13.6. The molecule has 1 heterocycles. The maximum Gasteiger partial charge on any atom is 0.247 e. The summed E-state index contributed by atoms with van der Waals surface area (Å²) in [5.41, 5.74) is -0.0401. The SMILES string of the molecule is CCC(C)(C)NC(=O)C(c1ccc(F)cc1)N(CCOC)C(=O)CCC(=O)Nc1ccccn1. The first-order chi connectivity index (χ1) is 16.2. The highest BCUT2D eigenvalue weighted by atomic mass is 19.1. The summed E-state index contributed by atoms with van der Waals surface area (Å²) >= 11 is 0. The predicted molar refractivity (Wildman–Crippen MR) is 127 cm³/mol. The molecule has 0 saturated carbocycles. The summed E-state index contributed by atoms with van der Waals surface area (Å²) in [7, 11) is 1.50. The monoisotopic (exact) mass is 472 g/mol. The number of ether oxygens (including phenoxy) is 1. The summed E-state index contributed by atoms with van der Waals surface area (Å²) in [5, 5.41) is 5.62. The predicted octanol–water partition coefficient (Wildman–Crippen LogP) is 3.46. The van der Waals surface area contributed by atoms with Crippen LogP contribution in [0.15, 0.2) is 48.7 Å². The van der Waals surface area contributed by atoms with Gasteiger partial charge in [0.2, 0.25) is 17.7 Å². The van der Waals surface area contributed by atoms with Gasteiger partial charge in [-0.25, -0.2) is 9.37 Å². The number of benzene rings is 1. The van der Waals surface area contributed by atoms with E-state index in [-0.39, 0.29) is 37.8 Å². The Kier molecular flexibility index (Phi) is 10.1. The number of amides is 3. The van der Waals surface area contributed by atoms with Crippen molar-refractivity contribution in [2.24, 2.45) is 0 Å². The molecule has 184 valence electrons. The lowest BCUT2D eigenvalue weighted by atomic mass is 9.98. The number of carbonyl (C=O) groups is 3. The van der Waals surface area contributed by atoms with Gasteiger partial charge in [0.25, 0.3) is 0 Å². The van der Waals surface area contributed by atoms with E-state index in [9.17, 15) is 18.8 Å². The molecule has 0 aliphatic carbocycles. The lowest BCUT2D eigenvalue weighted by Gasteiger charge is -2.34. The molecular formula is C25H33FN4O4. The van der Waals surface area contributed by atoms with E-state index in [4.69, 9.17) is 4.74 Å². The third-order valence-corrected chi connectivity index (χ3v) is 5.45. The van der Waals surface area contributed by atoms with Gasteiger partial charge >= 0.3 is 0 Å². The van der Waals surface area contributed by atoms with Crippen LogP contribution in [0.25, 0.3) is 0 Å². The first-order valence-corrected chi connectivity index (χ1v) is 11.2. The Morgan fingerprint density at radius 1 is 1.12 bits per heavy atom. The standard InChI is InChI=1S/C25H33FN4O4/c1-5-25(2,3)29-24(33)23(18-9-11-19(26)12-10-18)30(16-17-34-4)22(32)14-13-21(31)28-20-8-6-7-15-27-20/h6-12,15,23H,5,13-14,16-17H2,1-4H3,(H,29,33)(H,27,28,31). The average molecular weight is 473 g/mol. The van der Waals surface area contributed by atoms with Crippen LogP contribution in [0.4, 0.5) is 10.2 Å². The minimum absolute atomic E-state index is 0.0862. The molecule has 0 aliphatic rings. The Morgan fingerprint density at radius 2 is 1.82 bits per heavy atom. The number of methoxy groups -OCH3 is 1. The highest BCUT2D eigenvalue weighted by molar-refractivity contribution is 5.94. The highest BCUT2D eigenvalue weighted by Crippen LogP contribution is 2.24. The fraction of sp³-hybridized carbons (Fsp3) is 0.440. The number of rotatable bonds is 12. The first kappa shape index (κ1) is 26.9. The molecule has 34 heavy (non-hydrogen) atoms. The topological polar surface area (TPSA) is 101 Å². The number of nitrogens with zero attached hydrogens (tertiary/aromatic N) is 2. The Bertz CT molecular complexity index is 951. The van der Waals surface area contributed by atoms with E-state index in [0.717, 1.165) is 0 Å². The fourth-order valence-corrected chi connectivity index (χ4v) is 3.20. The normalized spacial score (nSPS) is 12.0. The second-order valence-corrected chi connectivity index (χ2v) is 8.52. The summed E-state index contributed by atoms with van der Waals surface area (Å²) in [6.45, 7) is 6.03. The molecule has 0 aliphatic heterocycles. The number of aromatic nitrogens is 1. The molecule has 9 heteroatoms. The first-order valence-electron chi connectivity index (χ1n) is 11.2. The van der Waals surface area contributed by atoms with Crippen LogP contribution in [-0.4, -0.2) is 53.4 Å². The maximum absolute atomic E-state index is 13.6. The molecule has 0 saturated heterocycles. The van der Waals surface area contributed by atoms with Gasteiger partial charge in [0.15, 0.2) is 0 Å². The van der Waals surface area contributed by atoms with Gasteiger partial charge in [0.1, 0.15) is 17.7 Å². The Balaban J connectivity index is 2.25. The van der Waals surface area contributed by atoms with E-state index in [1.54, 1.807) is 24.4 Å². The van der Waals surface area contributed by atoms with Crippen LogP contribution in [-0.2, 0) is 19.1 Å². The van der Waals surface area contributed by atoms with Crippen LogP contribution in [0.5, 0.6) is 0 Å². The summed E-state index contributed by atoms with van der Waals surface area (Å²) in [5.74, 6) is -1.21. The minimum Gasteiger partial charge on any atom is -0.383 e. The molecule has 0 bridgehead atoms. The number of carbonyl (C=O) groups excluding carboxylic acids is 3. The van der Waals surface area contributed by atoms with Gasteiger partial charge in [0.05, 0.1) is 6.61 Å². The van der Waals surface area contributed by atoms with Gasteiger partial charge in [-0.1, -0.05) is 25.1 Å². The summed E-state index contributed by atoms with van der Waals surface area (Å²) < 4.78 is 18.7. The number of hydrogen-bond donors (Lipinski definition) is 2. The Morgan fingerprint density at radius 3 is 2.41 bits per heavy atom. The molecular weight excluding hydrogens is 439 g/mol. The lowest BCUT2D eigenvalue weighted by Crippen LogP contribution is -2.51. The number of halogens is 1. The van der Waals surface area contributed by atoms with E-state index in [1.165, 1.54) is 36.3 Å². The molecule has 1 aromatic heterocycles.